The number of halogens is 1. The molecular weight excluding hydrogens is 311 g/mol. The second-order valence-electron chi connectivity index (χ2n) is 6.09. The number of aromatic amines is 1. The van der Waals surface area contributed by atoms with Crippen molar-refractivity contribution in [2.24, 2.45) is 0 Å². The first-order valence-electron chi connectivity index (χ1n) is 8.39. The van der Waals surface area contributed by atoms with Crippen LogP contribution in [0.4, 0.5) is 10.1 Å². The van der Waals surface area contributed by atoms with E-state index in [4.69, 9.17) is 4.74 Å². The average Bonchev–Trinajstić information content (AvgIpc) is 2.55. The molecule has 1 aromatic heterocycles. The van der Waals surface area contributed by atoms with Crippen molar-refractivity contribution in [2.75, 3.05) is 11.9 Å². The summed E-state index contributed by atoms with van der Waals surface area (Å²) >= 11 is 0. The summed E-state index contributed by atoms with van der Waals surface area (Å²) in [5, 5.41) is 3.96. The number of carbonyl (C=O) groups is 1. The van der Waals surface area contributed by atoms with E-state index in [2.05, 4.69) is 10.3 Å². The zero-order chi connectivity index (χ0) is 17.1. The van der Waals surface area contributed by atoms with E-state index in [1.54, 1.807) is 13.0 Å². The summed E-state index contributed by atoms with van der Waals surface area (Å²) in [5.74, 6) is -1.10. The van der Waals surface area contributed by atoms with Gasteiger partial charge in [-0.15, -0.1) is 0 Å². The highest BCUT2D eigenvalue weighted by Gasteiger charge is 2.23. The molecule has 2 N–H and O–H groups in total. The molecule has 1 heterocycles. The van der Waals surface area contributed by atoms with Gasteiger partial charge in [0, 0.05) is 11.4 Å². The van der Waals surface area contributed by atoms with Gasteiger partial charge in [0.1, 0.15) is 11.4 Å². The molecule has 3 rings (SSSR count). The molecule has 1 aliphatic rings. The molecule has 0 atom stereocenters. The van der Waals surface area contributed by atoms with Gasteiger partial charge in [0.2, 0.25) is 0 Å². The molecule has 0 spiro atoms. The summed E-state index contributed by atoms with van der Waals surface area (Å²) in [6, 6.07) is 4.36. The number of nitrogens with one attached hydrogen (secondary N) is 2. The van der Waals surface area contributed by atoms with Gasteiger partial charge in [-0.3, -0.25) is 4.79 Å². The Kier molecular flexibility index (Phi) is 4.83. The molecule has 1 aliphatic carbocycles. The molecule has 0 bridgehead atoms. The average molecular weight is 332 g/mol. The fraction of sp³-hybridized carbons (Fsp3) is 0.444. The predicted octanol–water partition coefficient (Wildman–Crippen LogP) is 3.59. The van der Waals surface area contributed by atoms with Crippen molar-refractivity contribution in [1.29, 1.82) is 0 Å². The van der Waals surface area contributed by atoms with E-state index in [1.165, 1.54) is 18.6 Å². The summed E-state index contributed by atoms with van der Waals surface area (Å²) in [5.41, 5.74) is 0.205. The van der Waals surface area contributed by atoms with Crippen LogP contribution in [0.25, 0.3) is 10.9 Å². The topological polar surface area (TPSA) is 71.2 Å². The first kappa shape index (κ1) is 16.5. The van der Waals surface area contributed by atoms with Crippen molar-refractivity contribution < 1.29 is 13.9 Å². The maximum Gasteiger partial charge on any atom is 0.345 e. The Morgan fingerprint density at radius 2 is 2.08 bits per heavy atom. The van der Waals surface area contributed by atoms with Crippen molar-refractivity contribution in [3.05, 3.63) is 39.9 Å². The van der Waals surface area contributed by atoms with Gasteiger partial charge in [0.25, 0.3) is 5.56 Å². The monoisotopic (exact) mass is 332 g/mol. The number of esters is 1. The lowest BCUT2D eigenvalue weighted by molar-refractivity contribution is 0.0525. The maximum atomic E-state index is 13.5. The Balaban J connectivity index is 2.14. The second-order valence-corrected chi connectivity index (χ2v) is 6.09. The molecule has 0 unspecified atom stereocenters. The molecule has 2 aromatic rings. The number of hydrogen-bond donors (Lipinski definition) is 2. The number of benzene rings is 1. The van der Waals surface area contributed by atoms with E-state index in [0.717, 1.165) is 25.7 Å². The number of aromatic nitrogens is 1. The van der Waals surface area contributed by atoms with E-state index in [1.807, 2.05) is 0 Å². The van der Waals surface area contributed by atoms with Crippen LogP contribution < -0.4 is 10.9 Å². The number of anilines is 1. The molecule has 0 saturated heterocycles. The Labute approximate surface area is 139 Å². The minimum Gasteiger partial charge on any atom is -0.462 e. The summed E-state index contributed by atoms with van der Waals surface area (Å²) < 4.78 is 18.5. The zero-order valence-electron chi connectivity index (χ0n) is 13.7. The van der Waals surface area contributed by atoms with E-state index < -0.39 is 17.3 Å². The van der Waals surface area contributed by atoms with Crippen molar-refractivity contribution in [3.63, 3.8) is 0 Å². The minimum absolute atomic E-state index is 0.0402. The molecule has 0 aliphatic heterocycles. The van der Waals surface area contributed by atoms with E-state index in [9.17, 15) is 14.0 Å². The Bertz CT molecular complexity index is 810. The van der Waals surface area contributed by atoms with Gasteiger partial charge >= 0.3 is 5.97 Å². The number of fused-ring (bicyclic) bond motifs is 1. The van der Waals surface area contributed by atoms with E-state index in [0.29, 0.717) is 16.6 Å². The maximum absolute atomic E-state index is 13.5. The third-order valence-electron chi connectivity index (χ3n) is 4.41. The van der Waals surface area contributed by atoms with Gasteiger partial charge in [-0.1, -0.05) is 19.3 Å². The Morgan fingerprint density at radius 1 is 1.33 bits per heavy atom. The smallest absolute Gasteiger partial charge is 0.345 e. The fourth-order valence-electron chi connectivity index (χ4n) is 3.27. The number of carbonyl (C=O) groups excluding carboxylic acids is 1. The van der Waals surface area contributed by atoms with Gasteiger partial charge in [-0.2, -0.15) is 0 Å². The third-order valence-corrected chi connectivity index (χ3v) is 4.41. The van der Waals surface area contributed by atoms with Crippen LogP contribution in [0.3, 0.4) is 0 Å². The number of ether oxygens (including phenoxy) is 1. The lowest BCUT2D eigenvalue weighted by Crippen LogP contribution is -2.28. The Hall–Kier alpha value is -2.37. The predicted molar refractivity (Wildman–Crippen MR) is 91.0 cm³/mol. The van der Waals surface area contributed by atoms with Crippen LogP contribution in [0.2, 0.25) is 0 Å². The van der Waals surface area contributed by atoms with Crippen molar-refractivity contribution in [2.45, 2.75) is 45.1 Å². The fourth-order valence-corrected chi connectivity index (χ4v) is 3.27. The van der Waals surface area contributed by atoms with Gasteiger partial charge in [-0.05, 0) is 38.0 Å². The lowest BCUT2D eigenvalue weighted by Gasteiger charge is -2.25. The van der Waals surface area contributed by atoms with Crippen LogP contribution in [-0.2, 0) is 4.74 Å². The SMILES string of the molecule is CCOC(=O)c1c(NC2CCCCC2)c2ccc(F)cc2[nH]c1=O. The Morgan fingerprint density at radius 3 is 2.79 bits per heavy atom. The van der Waals surface area contributed by atoms with Crippen molar-refractivity contribution in [3.8, 4) is 0 Å². The van der Waals surface area contributed by atoms with E-state index >= 15 is 0 Å². The van der Waals surface area contributed by atoms with Gasteiger partial charge in [0.15, 0.2) is 0 Å². The highest BCUT2D eigenvalue weighted by Crippen LogP contribution is 2.29. The summed E-state index contributed by atoms with van der Waals surface area (Å²) in [7, 11) is 0. The van der Waals surface area contributed by atoms with Crippen molar-refractivity contribution >= 4 is 22.6 Å². The molecule has 24 heavy (non-hydrogen) atoms. The van der Waals surface area contributed by atoms with Crippen molar-refractivity contribution in [1.82, 2.24) is 4.98 Å². The highest BCUT2D eigenvalue weighted by atomic mass is 19.1. The van der Waals surface area contributed by atoms with Gasteiger partial charge in [-0.25, -0.2) is 9.18 Å². The van der Waals surface area contributed by atoms with Gasteiger partial charge in [0.05, 0.1) is 17.8 Å². The van der Waals surface area contributed by atoms with Crippen LogP contribution >= 0.6 is 0 Å². The third kappa shape index (κ3) is 3.27. The molecule has 5 nitrogen and oxygen atoms in total. The molecule has 1 fully saturated rings. The first-order chi connectivity index (χ1) is 11.6. The second kappa shape index (κ2) is 7.03. The van der Waals surface area contributed by atoms with Gasteiger partial charge < -0.3 is 15.0 Å². The van der Waals surface area contributed by atoms with E-state index in [-0.39, 0.29) is 18.2 Å². The highest BCUT2D eigenvalue weighted by molar-refractivity contribution is 6.04. The molecule has 1 aromatic carbocycles. The van der Waals surface area contributed by atoms with Crippen LogP contribution in [0.15, 0.2) is 23.0 Å². The first-order valence-corrected chi connectivity index (χ1v) is 8.39. The molecule has 128 valence electrons. The normalized spacial score (nSPS) is 15.4. The lowest BCUT2D eigenvalue weighted by atomic mass is 9.94. The molecule has 0 amide bonds. The zero-order valence-corrected chi connectivity index (χ0v) is 13.7. The number of H-pyrrole nitrogens is 1. The largest absolute Gasteiger partial charge is 0.462 e. The quantitative estimate of drug-likeness (QED) is 0.840. The summed E-state index contributed by atoms with van der Waals surface area (Å²) in [6.45, 7) is 1.87. The van der Waals surface area contributed by atoms with Crippen LogP contribution in [0, 0.1) is 5.82 Å². The summed E-state index contributed by atoms with van der Waals surface area (Å²) in [4.78, 5) is 27.3. The number of hydrogen-bond acceptors (Lipinski definition) is 4. The molecule has 0 radical (unpaired) electrons. The minimum atomic E-state index is -0.664. The molecular formula is C18H21FN2O3. The number of rotatable bonds is 4. The standard InChI is InChI=1S/C18H21FN2O3/c1-2-24-18(23)15-16(20-12-6-4-3-5-7-12)13-9-8-11(19)10-14(13)21-17(15)22/h8-10,12H,2-7H2,1H3,(H2,20,21,22). The van der Waals surface area contributed by atoms with Crippen LogP contribution in [0.1, 0.15) is 49.4 Å². The molecule has 1 saturated carbocycles. The van der Waals surface area contributed by atoms with Crippen LogP contribution in [-0.4, -0.2) is 23.6 Å². The molecule has 6 heteroatoms. The van der Waals surface area contributed by atoms with Crippen LogP contribution in [0.5, 0.6) is 0 Å². The summed E-state index contributed by atoms with van der Waals surface area (Å²) in [6.07, 6.45) is 5.39. The number of pyridine rings is 1.